The molecule has 2 aromatic carbocycles. The number of morpholine rings is 1. The van der Waals surface area contributed by atoms with Crippen LogP contribution in [-0.4, -0.2) is 90.0 Å². The number of amides is 4. The molecule has 2 saturated heterocycles. The number of hydrogen-bond acceptors (Lipinski definition) is 6. The maximum Gasteiger partial charge on any atom is 0.254 e. The summed E-state index contributed by atoms with van der Waals surface area (Å²) in [4.78, 5) is 54.4. The molecule has 0 radical (unpaired) electrons. The van der Waals surface area contributed by atoms with Crippen LogP contribution >= 0.6 is 0 Å². The SMILES string of the molecule is BC1C(B)(B)C(=O)NC(=O)C1(B)N1Cc2c(OCc3ccc(CN4CCOCC4=O)cc3)cccc2C1=O. The number of carbonyl (C=O) groups excluding carboxylic acids is 4. The predicted molar refractivity (Wildman–Crippen MR) is 150 cm³/mol. The van der Waals surface area contributed by atoms with E-state index in [0.29, 0.717) is 37.6 Å². The second-order valence-electron chi connectivity index (χ2n) is 11.0. The quantitative estimate of drug-likeness (QED) is 0.337. The van der Waals surface area contributed by atoms with Crippen LogP contribution < -0.4 is 10.1 Å². The van der Waals surface area contributed by atoms with Gasteiger partial charge in [0.25, 0.3) is 5.91 Å². The predicted octanol–water partition coefficient (Wildman–Crippen LogP) is -2.63. The van der Waals surface area contributed by atoms with Crippen LogP contribution in [0.3, 0.4) is 0 Å². The summed E-state index contributed by atoms with van der Waals surface area (Å²) in [5, 5.41) is 1.66. The molecule has 2 fully saturated rings. The summed E-state index contributed by atoms with van der Waals surface area (Å²) in [6.07, 6.45) is 0. The van der Waals surface area contributed by atoms with Gasteiger partial charge in [-0.05, 0) is 34.3 Å². The molecule has 13 heteroatoms. The number of nitrogens with one attached hydrogen (secondary N) is 1. The highest BCUT2D eigenvalue weighted by Crippen LogP contribution is 2.47. The minimum Gasteiger partial charge on any atom is -0.489 e. The Kier molecular flexibility index (Phi) is 6.67. The van der Waals surface area contributed by atoms with E-state index >= 15 is 0 Å². The first-order chi connectivity index (χ1) is 18.0. The minimum atomic E-state index is -1.19. The highest BCUT2D eigenvalue weighted by atomic mass is 16.5. The lowest BCUT2D eigenvalue weighted by Crippen LogP contribution is -2.70. The molecule has 4 amide bonds. The van der Waals surface area contributed by atoms with Crippen molar-refractivity contribution in [1.82, 2.24) is 15.1 Å². The molecule has 2 aromatic rings. The first-order valence-electron chi connectivity index (χ1n) is 12.9. The van der Waals surface area contributed by atoms with Crippen molar-refractivity contribution in [2.45, 2.75) is 36.2 Å². The van der Waals surface area contributed by atoms with Gasteiger partial charge in [0.15, 0.2) is 0 Å². The summed E-state index contributed by atoms with van der Waals surface area (Å²) in [5.74, 6) is -0.856. The summed E-state index contributed by atoms with van der Waals surface area (Å²) < 4.78 is 11.3. The largest absolute Gasteiger partial charge is 0.489 e. The molecule has 3 aliphatic heterocycles. The van der Waals surface area contributed by atoms with Gasteiger partial charge in [0.1, 0.15) is 50.3 Å². The zero-order valence-corrected chi connectivity index (χ0v) is 22.2. The third kappa shape index (κ3) is 4.32. The van der Waals surface area contributed by atoms with Crippen molar-refractivity contribution in [2.75, 3.05) is 19.8 Å². The van der Waals surface area contributed by atoms with Crippen LogP contribution in [0.4, 0.5) is 0 Å². The molecular formula is C25H29B4N3O6. The van der Waals surface area contributed by atoms with E-state index in [0.717, 1.165) is 16.7 Å². The van der Waals surface area contributed by atoms with E-state index in [1.54, 1.807) is 45.5 Å². The zero-order chi connectivity index (χ0) is 27.2. The summed E-state index contributed by atoms with van der Waals surface area (Å²) >= 11 is 0. The van der Waals surface area contributed by atoms with Crippen molar-refractivity contribution in [3.8, 4) is 5.75 Å². The summed E-state index contributed by atoms with van der Waals surface area (Å²) in [7, 11) is 7.18. The Morgan fingerprint density at radius 1 is 1.00 bits per heavy atom. The molecule has 38 heavy (non-hydrogen) atoms. The molecule has 3 heterocycles. The Balaban J connectivity index is 1.30. The number of benzene rings is 2. The lowest BCUT2D eigenvalue weighted by atomic mass is 9.35. The van der Waals surface area contributed by atoms with Gasteiger partial charge in [-0.2, -0.15) is 0 Å². The average molecular weight is 511 g/mol. The molecule has 5 rings (SSSR count). The Labute approximate surface area is 225 Å². The number of carbonyl (C=O) groups is 4. The molecule has 0 aromatic heterocycles. The molecule has 0 spiro atoms. The van der Waals surface area contributed by atoms with Crippen LogP contribution in [0, 0.1) is 0 Å². The fourth-order valence-corrected chi connectivity index (χ4v) is 5.50. The zero-order valence-electron chi connectivity index (χ0n) is 22.2. The minimum absolute atomic E-state index is 0.00527. The van der Waals surface area contributed by atoms with Gasteiger partial charge in [-0.25, -0.2) is 0 Å². The fraction of sp³-hybridized carbons (Fsp3) is 0.360. The molecule has 0 bridgehead atoms. The summed E-state index contributed by atoms with van der Waals surface area (Å²) in [6.45, 7) is 2.34. The van der Waals surface area contributed by atoms with Gasteiger partial charge >= 0.3 is 0 Å². The van der Waals surface area contributed by atoms with Gasteiger partial charge in [-0.15, -0.1) is 0 Å². The van der Waals surface area contributed by atoms with Crippen molar-refractivity contribution in [3.63, 3.8) is 0 Å². The number of imide groups is 1. The van der Waals surface area contributed by atoms with Gasteiger partial charge in [0.05, 0.1) is 18.6 Å². The van der Waals surface area contributed by atoms with E-state index in [2.05, 4.69) is 5.32 Å². The van der Waals surface area contributed by atoms with Crippen molar-refractivity contribution in [1.29, 1.82) is 0 Å². The van der Waals surface area contributed by atoms with E-state index in [4.69, 9.17) is 9.47 Å². The number of nitrogens with zero attached hydrogens (tertiary/aromatic N) is 2. The highest BCUT2D eigenvalue weighted by Gasteiger charge is 2.58. The topological polar surface area (TPSA) is 105 Å². The summed E-state index contributed by atoms with van der Waals surface area (Å²) in [5.41, 5.74) is 2.02. The van der Waals surface area contributed by atoms with E-state index in [9.17, 15) is 19.2 Å². The number of rotatable bonds is 6. The molecule has 1 N–H and O–H groups in total. The second-order valence-corrected chi connectivity index (χ2v) is 11.0. The maximum atomic E-state index is 13.5. The third-order valence-corrected chi connectivity index (χ3v) is 8.56. The highest BCUT2D eigenvalue weighted by molar-refractivity contribution is 6.58. The normalized spacial score (nSPS) is 24.8. The van der Waals surface area contributed by atoms with E-state index < -0.39 is 22.4 Å². The van der Waals surface area contributed by atoms with Gasteiger partial charge in [-0.1, -0.05) is 30.3 Å². The van der Waals surface area contributed by atoms with E-state index in [1.807, 2.05) is 38.2 Å². The number of ether oxygens (including phenoxy) is 2. The number of fused-ring (bicyclic) bond motifs is 1. The molecule has 2 atom stereocenters. The number of hydrogen-bond donors (Lipinski definition) is 1. The van der Waals surface area contributed by atoms with Crippen LogP contribution in [0.1, 0.15) is 27.0 Å². The van der Waals surface area contributed by atoms with Gasteiger partial charge in [0.2, 0.25) is 17.7 Å². The fourth-order valence-electron chi connectivity index (χ4n) is 5.50. The number of piperidine rings is 1. The van der Waals surface area contributed by atoms with Gasteiger partial charge < -0.3 is 19.3 Å². The second kappa shape index (κ2) is 9.69. The monoisotopic (exact) mass is 511 g/mol. The van der Waals surface area contributed by atoms with Crippen LogP contribution in [0.2, 0.25) is 11.0 Å². The van der Waals surface area contributed by atoms with Crippen LogP contribution in [0.15, 0.2) is 42.5 Å². The van der Waals surface area contributed by atoms with Gasteiger partial charge in [0, 0.05) is 24.2 Å². The molecule has 192 valence electrons. The standard InChI is InChI=1S/C25H29B4N3O6/c26-21-24(27,28)22(35)30-23(36)25(21,29)32-11-17-16(20(32)34)2-1-3-18(17)38-12-15-6-4-14(5-7-15)10-31-8-9-37-13-19(31)33/h1-7,21H,8-13,26-29H2,(H,30,35,36). The van der Waals surface area contributed by atoms with Crippen molar-refractivity contribution in [2.24, 2.45) is 0 Å². The van der Waals surface area contributed by atoms with E-state index in [1.165, 1.54) is 0 Å². The Morgan fingerprint density at radius 3 is 2.42 bits per heavy atom. The first kappa shape index (κ1) is 26.2. The van der Waals surface area contributed by atoms with Crippen molar-refractivity contribution >= 4 is 55.0 Å². The van der Waals surface area contributed by atoms with Gasteiger partial charge in [-0.3, -0.25) is 24.5 Å². The molecular weight excluding hydrogens is 482 g/mol. The van der Waals surface area contributed by atoms with Crippen molar-refractivity contribution in [3.05, 3.63) is 64.7 Å². The third-order valence-electron chi connectivity index (χ3n) is 8.56. The van der Waals surface area contributed by atoms with Crippen LogP contribution in [0.5, 0.6) is 5.75 Å². The molecule has 2 unspecified atom stereocenters. The summed E-state index contributed by atoms with van der Waals surface area (Å²) in [6, 6.07) is 13.2. The Morgan fingerprint density at radius 2 is 1.71 bits per heavy atom. The molecule has 9 nitrogen and oxygen atoms in total. The Bertz CT molecular complexity index is 1320. The average Bonchev–Trinajstić information content (AvgIpc) is 3.25. The lowest BCUT2D eigenvalue weighted by Gasteiger charge is -2.51. The maximum absolute atomic E-state index is 13.5. The molecule has 3 aliphatic rings. The van der Waals surface area contributed by atoms with Crippen LogP contribution in [0.25, 0.3) is 0 Å². The van der Waals surface area contributed by atoms with Crippen molar-refractivity contribution < 1.29 is 28.7 Å². The smallest absolute Gasteiger partial charge is 0.254 e. The van der Waals surface area contributed by atoms with E-state index in [-0.39, 0.29) is 30.9 Å². The lowest BCUT2D eigenvalue weighted by molar-refractivity contribution is -0.143. The first-order valence-corrected chi connectivity index (χ1v) is 12.9. The molecule has 0 aliphatic carbocycles. The van der Waals surface area contributed by atoms with Crippen LogP contribution in [-0.2, 0) is 38.8 Å². The molecule has 0 saturated carbocycles. The Hall–Kier alpha value is -3.46.